The van der Waals surface area contributed by atoms with Crippen molar-refractivity contribution in [3.8, 4) is 0 Å². The normalized spacial score (nSPS) is 11.7. The lowest BCUT2D eigenvalue weighted by atomic mass is 10.1. The third kappa shape index (κ3) is 5.71. The number of amides is 3. The number of urea groups is 1. The number of primary amides is 1. The van der Waals surface area contributed by atoms with E-state index in [-0.39, 0.29) is 11.9 Å². The molecular formula is C14H22N4O2. The van der Waals surface area contributed by atoms with Crippen molar-refractivity contribution in [3.63, 3.8) is 0 Å². The molecule has 0 bridgehead atoms. The highest BCUT2D eigenvalue weighted by atomic mass is 16.2. The molecule has 110 valence electrons. The Morgan fingerprint density at radius 2 is 1.85 bits per heavy atom. The Balaban J connectivity index is 2.46. The highest BCUT2D eigenvalue weighted by Crippen LogP contribution is 2.04. The minimum atomic E-state index is -0.566. The maximum atomic E-state index is 11.9. The third-order valence-corrected chi connectivity index (χ3v) is 2.80. The molecule has 0 spiro atoms. The second-order valence-electron chi connectivity index (χ2n) is 4.58. The number of carbonyl (C=O) groups excluding carboxylic acids is 2. The van der Waals surface area contributed by atoms with E-state index in [0.29, 0.717) is 18.7 Å². The molecule has 0 unspecified atom stereocenters. The van der Waals surface area contributed by atoms with Gasteiger partial charge in [0.2, 0.25) is 0 Å². The van der Waals surface area contributed by atoms with Crippen molar-refractivity contribution in [1.29, 1.82) is 0 Å². The van der Waals surface area contributed by atoms with Crippen LogP contribution in [0.3, 0.4) is 0 Å². The van der Waals surface area contributed by atoms with Gasteiger partial charge in [-0.15, -0.1) is 0 Å². The molecule has 5 N–H and O–H groups in total. The van der Waals surface area contributed by atoms with E-state index in [1.165, 1.54) is 0 Å². The number of hydrogen-bond donors (Lipinski definition) is 4. The third-order valence-electron chi connectivity index (χ3n) is 2.80. The van der Waals surface area contributed by atoms with Crippen molar-refractivity contribution in [2.24, 2.45) is 5.73 Å². The quantitative estimate of drug-likeness (QED) is 0.587. The number of nitrogens with two attached hydrogens (primary N) is 1. The summed E-state index contributed by atoms with van der Waals surface area (Å²) in [6, 6.07) is 6.71. The summed E-state index contributed by atoms with van der Waals surface area (Å²) in [7, 11) is 0. The molecule has 1 rings (SSSR count). The molecule has 1 atom stereocenters. The Hall–Kier alpha value is -2.08. The van der Waals surface area contributed by atoms with E-state index >= 15 is 0 Å². The molecule has 0 saturated carbocycles. The molecule has 0 aliphatic rings. The smallest absolute Gasteiger partial charge is 0.312 e. The number of likely N-dealkylation sites (N-methyl/N-ethyl adjacent to an activating group) is 1. The monoisotopic (exact) mass is 278 g/mol. The average molecular weight is 278 g/mol. The van der Waals surface area contributed by atoms with Gasteiger partial charge in [-0.05, 0) is 31.2 Å². The molecule has 0 fully saturated rings. The first kappa shape index (κ1) is 16.0. The maximum Gasteiger partial charge on any atom is 0.312 e. The zero-order valence-electron chi connectivity index (χ0n) is 11.9. The van der Waals surface area contributed by atoms with Crippen molar-refractivity contribution in [3.05, 3.63) is 35.4 Å². The average Bonchev–Trinajstić information content (AvgIpc) is 2.43. The topological polar surface area (TPSA) is 96.2 Å². The molecule has 0 radical (unpaired) electrons. The van der Waals surface area contributed by atoms with Gasteiger partial charge >= 0.3 is 6.03 Å². The van der Waals surface area contributed by atoms with Crippen molar-refractivity contribution in [1.82, 2.24) is 16.0 Å². The predicted molar refractivity (Wildman–Crippen MR) is 78.3 cm³/mol. The Morgan fingerprint density at radius 1 is 1.20 bits per heavy atom. The van der Waals surface area contributed by atoms with Crippen LogP contribution >= 0.6 is 0 Å². The largest absolute Gasteiger partial charge is 0.352 e. The second-order valence-corrected chi connectivity index (χ2v) is 4.58. The molecule has 1 aromatic rings. The number of benzene rings is 1. The van der Waals surface area contributed by atoms with Crippen molar-refractivity contribution >= 4 is 11.9 Å². The summed E-state index contributed by atoms with van der Waals surface area (Å²) in [5.74, 6) is -0.107. The first-order valence-corrected chi connectivity index (χ1v) is 6.66. The summed E-state index contributed by atoms with van der Waals surface area (Å²) < 4.78 is 0. The van der Waals surface area contributed by atoms with E-state index in [2.05, 4.69) is 16.0 Å². The van der Waals surface area contributed by atoms with E-state index in [4.69, 9.17) is 5.73 Å². The van der Waals surface area contributed by atoms with E-state index < -0.39 is 6.03 Å². The van der Waals surface area contributed by atoms with Gasteiger partial charge in [0, 0.05) is 24.7 Å². The second kappa shape index (κ2) is 8.16. The van der Waals surface area contributed by atoms with Gasteiger partial charge in [-0.2, -0.15) is 0 Å². The van der Waals surface area contributed by atoms with Crippen LogP contribution in [0.5, 0.6) is 0 Å². The Morgan fingerprint density at radius 3 is 2.40 bits per heavy atom. The molecular weight excluding hydrogens is 256 g/mol. The fraction of sp³-hybridized carbons (Fsp3) is 0.429. The molecule has 0 aromatic heterocycles. The van der Waals surface area contributed by atoms with Crippen LogP contribution in [-0.2, 0) is 6.54 Å². The fourth-order valence-corrected chi connectivity index (χ4v) is 1.73. The number of rotatable bonds is 7. The van der Waals surface area contributed by atoms with Gasteiger partial charge in [-0.25, -0.2) is 4.79 Å². The van der Waals surface area contributed by atoms with Crippen LogP contribution in [0, 0.1) is 0 Å². The summed E-state index contributed by atoms with van der Waals surface area (Å²) in [5.41, 5.74) is 6.47. The Labute approximate surface area is 119 Å². The van der Waals surface area contributed by atoms with Crippen LogP contribution in [0.1, 0.15) is 29.8 Å². The highest BCUT2D eigenvalue weighted by Gasteiger charge is 2.07. The minimum absolute atomic E-state index is 0.107. The van der Waals surface area contributed by atoms with Gasteiger partial charge < -0.3 is 21.7 Å². The van der Waals surface area contributed by atoms with E-state index in [1.54, 1.807) is 24.3 Å². The molecule has 20 heavy (non-hydrogen) atoms. The van der Waals surface area contributed by atoms with Crippen LogP contribution in [0.2, 0.25) is 0 Å². The summed E-state index contributed by atoms with van der Waals surface area (Å²) in [4.78, 5) is 22.5. The van der Waals surface area contributed by atoms with Gasteiger partial charge in [0.05, 0.1) is 0 Å². The Bertz CT molecular complexity index is 445. The van der Waals surface area contributed by atoms with Crippen LogP contribution in [0.25, 0.3) is 0 Å². The van der Waals surface area contributed by atoms with Gasteiger partial charge in [0.15, 0.2) is 0 Å². The lowest BCUT2D eigenvalue weighted by Crippen LogP contribution is -2.38. The SMILES string of the molecule is CCN[C@H](C)CNC(=O)c1ccc(CNC(N)=O)cc1. The number of carbonyl (C=O) groups is 2. The minimum Gasteiger partial charge on any atom is -0.352 e. The first-order chi connectivity index (χ1) is 9.52. The zero-order valence-corrected chi connectivity index (χ0v) is 11.9. The molecule has 0 aliphatic heterocycles. The molecule has 3 amide bonds. The number of nitrogens with one attached hydrogen (secondary N) is 3. The van der Waals surface area contributed by atoms with Gasteiger partial charge in [0.1, 0.15) is 0 Å². The predicted octanol–water partition coefficient (Wildman–Crippen LogP) is 0.583. The van der Waals surface area contributed by atoms with Crippen molar-refractivity contribution in [2.75, 3.05) is 13.1 Å². The van der Waals surface area contributed by atoms with Crippen LogP contribution in [-0.4, -0.2) is 31.1 Å². The van der Waals surface area contributed by atoms with Crippen molar-refractivity contribution in [2.45, 2.75) is 26.4 Å². The lowest BCUT2D eigenvalue weighted by molar-refractivity contribution is 0.0950. The molecule has 0 aliphatic carbocycles. The summed E-state index contributed by atoms with van der Waals surface area (Å²) >= 11 is 0. The molecule has 6 heteroatoms. The van der Waals surface area contributed by atoms with E-state index in [9.17, 15) is 9.59 Å². The summed E-state index contributed by atoms with van der Waals surface area (Å²) in [6.07, 6.45) is 0. The molecule has 6 nitrogen and oxygen atoms in total. The van der Waals surface area contributed by atoms with Crippen molar-refractivity contribution < 1.29 is 9.59 Å². The van der Waals surface area contributed by atoms with E-state index in [1.807, 2.05) is 13.8 Å². The maximum absolute atomic E-state index is 11.9. The fourth-order valence-electron chi connectivity index (χ4n) is 1.73. The van der Waals surface area contributed by atoms with E-state index in [0.717, 1.165) is 12.1 Å². The highest BCUT2D eigenvalue weighted by molar-refractivity contribution is 5.94. The standard InChI is InChI=1S/C14H22N4O2/c1-3-16-10(2)8-17-13(19)12-6-4-11(5-7-12)9-18-14(15)20/h4-7,10,16H,3,8-9H2,1-2H3,(H,17,19)(H3,15,18,20)/t10-/m1/s1. The first-order valence-electron chi connectivity index (χ1n) is 6.66. The molecule has 0 heterocycles. The van der Waals surface area contributed by atoms with Crippen LogP contribution in [0.15, 0.2) is 24.3 Å². The van der Waals surface area contributed by atoms with Crippen LogP contribution < -0.4 is 21.7 Å². The summed E-state index contributed by atoms with van der Waals surface area (Å²) in [6.45, 7) is 5.85. The van der Waals surface area contributed by atoms with Gasteiger partial charge in [0.25, 0.3) is 5.91 Å². The Kier molecular flexibility index (Phi) is 6.52. The molecule has 1 aromatic carbocycles. The zero-order chi connectivity index (χ0) is 15.0. The number of hydrogen-bond acceptors (Lipinski definition) is 3. The van der Waals surface area contributed by atoms with Gasteiger partial charge in [-0.1, -0.05) is 19.1 Å². The summed E-state index contributed by atoms with van der Waals surface area (Å²) in [5, 5.41) is 8.58. The van der Waals surface area contributed by atoms with Crippen LogP contribution in [0.4, 0.5) is 4.79 Å². The lowest BCUT2D eigenvalue weighted by Gasteiger charge is -2.13. The molecule has 0 saturated heterocycles. The van der Waals surface area contributed by atoms with Gasteiger partial charge in [-0.3, -0.25) is 4.79 Å².